The molecule has 0 N–H and O–H groups in total. The van der Waals surface area contributed by atoms with Crippen molar-refractivity contribution in [2.24, 2.45) is 0 Å². The van der Waals surface area contributed by atoms with Gasteiger partial charge in [-0.25, -0.2) is 4.39 Å². The predicted molar refractivity (Wildman–Crippen MR) is 107 cm³/mol. The Morgan fingerprint density at radius 2 is 1.72 bits per heavy atom. The molecule has 29 heavy (non-hydrogen) atoms. The third-order valence-corrected chi connectivity index (χ3v) is 5.85. The monoisotopic (exact) mass is 426 g/mol. The van der Waals surface area contributed by atoms with Gasteiger partial charge in [-0.15, -0.1) is 0 Å². The molecule has 1 fully saturated rings. The summed E-state index contributed by atoms with van der Waals surface area (Å²) in [5, 5.41) is 0. The fourth-order valence-electron chi connectivity index (χ4n) is 3.21. The molecule has 1 aliphatic rings. The largest absolute Gasteiger partial charge is 0.416 e. The number of rotatable bonds is 6. The number of thioether (sulfide) groups is 1. The van der Waals surface area contributed by atoms with E-state index in [0.29, 0.717) is 55.4 Å². The molecule has 1 saturated heterocycles. The van der Waals surface area contributed by atoms with Gasteiger partial charge >= 0.3 is 6.18 Å². The molecule has 0 spiro atoms. The Kier molecular flexibility index (Phi) is 7.05. The Hall–Kier alpha value is -2.22. The molecule has 156 valence electrons. The topological polar surface area (TPSA) is 23.6 Å². The Bertz CT molecular complexity index is 835. The number of benzene rings is 2. The van der Waals surface area contributed by atoms with Crippen molar-refractivity contribution < 1.29 is 22.4 Å². The van der Waals surface area contributed by atoms with Crippen molar-refractivity contribution in [3.05, 3.63) is 65.5 Å². The first-order chi connectivity index (χ1) is 13.8. The van der Waals surface area contributed by atoms with Gasteiger partial charge in [0.05, 0.1) is 5.56 Å². The Morgan fingerprint density at radius 1 is 1.00 bits per heavy atom. The molecule has 8 heteroatoms. The number of carbonyl (C=O) groups excluding carboxylic acids is 1. The van der Waals surface area contributed by atoms with Crippen LogP contribution in [-0.2, 0) is 16.7 Å². The van der Waals surface area contributed by atoms with Gasteiger partial charge < -0.3 is 9.80 Å². The number of anilines is 1. The van der Waals surface area contributed by atoms with Crippen LogP contribution in [0.2, 0.25) is 0 Å². The summed E-state index contributed by atoms with van der Waals surface area (Å²) in [7, 11) is 0. The minimum Gasteiger partial charge on any atom is -0.368 e. The Morgan fingerprint density at radius 3 is 2.41 bits per heavy atom. The van der Waals surface area contributed by atoms with Gasteiger partial charge in [-0.05, 0) is 29.8 Å². The van der Waals surface area contributed by atoms with Gasteiger partial charge in [0.2, 0.25) is 5.91 Å². The molecule has 2 aromatic carbocycles. The van der Waals surface area contributed by atoms with Crippen LogP contribution in [0.4, 0.5) is 23.2 Å². The number of halogens is 4. The van der Waals surface area contributed by atoms with E-state index in [-0.39, 0.29) is 11.7 Å². The van der Waals surface area contributed by atoms with Gasteiger partial charge in [-0.3, -0.25) is 4.79 Å². The van der Waals surface area contributed by atoms with Crippen LogP contribution < -0.4 is 4.90 Å². The quantitative estimate of drug-likeness (QED) is 0.489. The summed E-state index contributed by atoms with van der Waals surface area (Å²) in [6.45, 7) is 1.95. The van der Waals surface area contributed by atoms with Gasteiger partial charge in [0.15, 0.2) is 0 Å². The second-order valence-electron chi connectivity index (χ2n) is 6.81. The van der Waals surface area contributed by atoms with E-state index in [1.807, 2.05) is 4.90 Å². The van der Waals surface area contributed by atoms with Crippen LogP contribution in [-0.4, -0.2) is 42.7 Å². The standard InChI is InChI=1S/C21H22F4N2OS/c22-19-7-2-1-4-16(19)15-29-13-8-20(28)27-11-9-26(10-12-27)18-6-3-5-17(14-18)21(23,24)25/h1-7,14H,8-13,15H2. The SMILES string of the molecule is O=C(CCSCc1ccccc1F)N1CCN(c2cccc(C(F)(F)F)c2)CC1. The lowest BCUT2D eigenvalue weighted by Crippen LogP contribution is -2.48. The van der Waals surface area contributed by atoms with Crippen molar-refractivity contribution in [2.75, 3.05) is 36.8 Å². The van der Waals surface area contributed by atoms with Gasteiger partial charge in [0, 0.05) is 49.8 Å². The van der Waals surface area contributed by atoms with E-state index in [1.54, 1.807) is 29.2 Å². The number of hydrogen-bond donors (Lipinski definition) is 0. The molecule has 1 aliphatic heterocycles. The third kappa shape index (κ3) is 5.88. The normalized spacial score (nSPS) is 14.9. The maximum atomic E-state index is 13.6. The summed E-state index contributed by atoms with van der Waals surface area (Å²) < 4.78 is 52.2. The molecule has 0 radical (unpaired) electrons. The van der Waals surface area contributed by atoms with E-state index >= 15 is 0 Å². The highest BCUT2D eigenvalue weighted by atomic mass is 32.2. The summed E-state index contributed by atoms with van der Waals surface area (Å²) in [6, 6.07) is 11.9. The molecule has 0 bridgehead atoms. The van der Waals surface area contributed by atoms with Gasteiger partial charge in [0.1, 0.15) is 5.82 Å². The molecule has 0 saturated carbocycles. The highest BCUT2D eigenvalue weighted by Gasteiger charge is 2.31. The van der Waals surface area contributed by atoms with Gasteiger partial charge in [-0.1, -0.05) is 24.3 Å². The first-order valence-corrected chi connectivity index (χ1v) is 10.5. The molecule has 3 rings (SSSR count). The Balaban J connectivity index is 1.43. The zero-order valence-corrected chi connectivity index (χ0v) is 16.6. The lowest BCUT2D eigenvalue weighted by Gasteiger charge is -2.36. The van der Waals surface area contributed by atoms with Crippen molar-refractivity contribution >= 4 is 23.4 Å². The van der Waals surface area contributed by atoms with E-state index in [0.717, 1.165) is 12.1 Å². The number of amides is 1. The number of piperazine rings is 1. The molecule has 2 aromatic rings. The van der Waals surface area contributed by atoms with Gasteiger partial charge in [-0.2, -0.15) is 24.9 Å². The van der Waals surface area contributed by atoms with Crippen molar-refractivity contribution in [3.8, 4) is 0 Å². The minimum atomic E-state index is -4.37. The van der Waals surface area contributed by atoms with Crippen molar-refractivity contribution in [3.63, 3.8) is 0 Å². The van der Waals surface area contributed by atoms with Crippen LogP contribution in [0.1, 0.15) is 17.5 Å². The van der Waals surface area contributed by atoms with E-state index in [2.05, 4.69) is 0 Å². The molecule has 0 atom stereocenters. The summed E-state index contributed by atoms with van der Waals surface area (Å²) in [5.74, 6) is 0.899. The molecule has 0 unspecified atom stereocenters. The van der Waals surface area contributed by atoms with E-state index in [1.165, 1.54) is 23.9 Å². The summed E-state index contributed by atoms with van der Waals surface area (Å²) >= 11 is 1.51. The number of carbonyl (C=O) groups is 1. The smallest absolute Gasteiger partial charge is 0.368 e. The zero-order valence-electron chi connectivity index (χ0n) is 15.8. The van der Waals surface area contributed by atoms with Crippen molar-refractivity contribution in [1.29, 1.82) is 0 Å². The molecule has 0 aliphatic carbocycles. The van der Waals surface area contributed by atoms with Crippen molar-refractivity contribution in [2.45, 2.75) is 18.3 Å². The second-order valence-corrected chi connectivity index (χ2v) is 7.92. The van der Waals surface area contributed by atoms with E-state index in [4.69, 9.17) is 0 Å². The van der Waals surface area contributed by atoms with Crippen LogP contribution in [0, 0.1) is 5.82 Å². The first kappa shape index (κ1) is 21.5. The highest BCUT2D eigenvalue weighted by molar-refractivity contribution is 7.98. The molecular formula is C21H22F4N2OS. The zero-order chi connectivity index (χ0) is 20.9. The van der Waals surface area contributed by atoms with Crippen LogP contribution in [0.15, 0.2) is 48.5 Å². The predicted octanol–water partition coefficient (Wildman–Crippen LogP) is 4.82. The minimum absolute atomic E-state index is 0.0229. The number of nitrogens with zero attached hydrogens (tertiary/aromatic N) is 2. The average Bonchev–Trinajstić information content (AvgIpc) is 2.72. The maximum absolute atomic E-state index is 13.6. The lowest BCUT2D eigenvalue weighted by molar-refractivity contribution is -0.137. The summed E-state index contributed by atoms with van der Waals surface area (Å²) in [6.07, 6.45) is -4.00. The van der Waals surface area contributed by atoms with Crippen LogP contribution >= 0.6 is 11.8 Å². The van der Waals surface area contributed by atoms with Crippen LogP contribution in [0.25, 0.3) is 0 Å². The van der Waals surface area contributed by atoms with Gasteiger partial charge in [0.25, 0.3) is 0 Å². The fourth-order valence-corrected chi connectivity index (χ4v) is 4.13. The highest BCUT2D eigenvalue weighted by Crippen LogP contribution is 2.32. The molecule has 3 nitrogen and oxygen atoms in total. The average molecular weight is 426 g/mol. The fraction of sp³-hybridized carbons (Fsp3) is 0.381. The first-order valence-electron chi connectivity index (χ1n) is 9.36. The summed E-state index contributed by atoms with van der Waals surface area (Å²) in [5.41, 5.74) is 0.479. The lowest BCUT2D eigenvalue weighted by atomic mass is 10.1. The molecular weight excluding hydrogens is 404 g/mol. The Labute approximate surface area is 171 Å². The summed E-state index contributed by atoms with van der Waals surface area (Å²) in [4.78, 5) is 16.0. The number of hydrogen-bond acceptors (Lipinski definition) is 3. The van der Waals surface area contributed by atoms with Crippen LogP contribution in [0.3, 0.4) is 0 Å². The van der Waals surface area contributed by atoms with Crippen LogP contribution in [0.5, 0.6) is 0 Å². The molecule has 1 heterocycles. The van der Waals surface area contributed by atoms with Crippen molar-refractivity contribution in [1.82, 2.24) is 4.90 Å². The molecule has 0 aromatic heterocycles. The number of alkyl halides is 3. The third-order valence-electron chi connectivity index (χ3n) is 4.85. The van der Waals surface area contributed by atoms with E-state index in [9.17, 15) is 22.4 Å². The second kappa shape index (κ2) is 9.52. The molecule has 1 amide bonds. The maximum Gasteiger partial charge on any atom is 0.416 e. The van der Waals surface area contributed by atoms with E-state index < -0.39 is 11.7 Å².